The summed E-state index contributed by atoms with van der Waals surface area (Å²) in [6, 6.07) is 20.6. The van der Waals surface area contributed by atoms with Crippen molar-refractivity contribution >= 4 is 11.8 Å². The molecule has 0 aliphatic carbocycles. The summed E-state index contributed by atoms with van der Waals surface area (Å²) in [7, 11) is 0. The van der Waals surface area contributed by atoms with Crippen LogP contribution in [-0.4, -0.2) is 41.4 Å². The first-order chi connectivity index (χ1) is 16.4. The summed E-state index contributed by atoms with van der Waals surface area (Å²) < 4.78 is 12.5. The van der Waals surface area contributed by atoms with Crippen LogP contribution in [0.4, 0.5) is 0 Å². The van der Waals surface area contributed by atoms with Crippen LogP contribution in [0.25, 0.3) is 0 Å². The molecule has 2 atom stereocenters. The van der Waals surface area contributed by atoms with E-state index in [2.05, 4.69) is 30.9 Å². The van der Waals surface area contributed by atoms with Gasteiger partial charge in [-0.15, -0.1) is 11.8 Å². The largest absolute Gasteiger partial charge is 0.508 e. The lowest BCUT2D eigenvalue weighted by Gasteiger charge is -2.34. The van der Waals surface area contributed by atoms with Crippen LogP contribution in [0.5, 0.6) is 23.0 Å². The molecule has 1 saturated heterocycles. The third kappa shape index (κ3) is 5.13. The molecule has 2 aliphatic rings. The number of hydrogen-bond acceptors (Lipinski definition) is 6. The summed E-state index contributed by atoms with van der Waals surface area (Å²) in [5.74, 6) is 2.04. The van der Waals surface area contributed by atoms with Crippen molar-refractivity contribution in [2.24, 2.45) is 5.41 Å². The van der Waals surface area contributed by atoms with Gasteiger partial charge in [-0.05, 0) is 72.0 Å². The van der Waals surface area contributed by atoms with Gasteiger partial charge in [0.15, 0.2) is 0 Å². The van der Waals surface area contributed by atoms with Crippen LogP contribution < -0.4 is 9.47 Å². The van der Waals surface area contributed by atoms with Crippen molar-refractivity contribution in [3.05, 3.63) is 77.9 Å². The maximum Gasteiger partial charge on any atom is 0.140 e. The molecule has 6 heteroatoms. The lowest BCUT2D eigenvalue weighted by atomic mass is 9.93. The highest BCUT2D eigenvalue weighted by Gasteiger charge is 2.34. The molecule has 178 valence electrons. The predicted octanol–water partition coefficient (Wildman–Crippen LogP) is 6.18. The summed E-state index contributed by atoms with van der Waals surface area (Å²) in [6.45, 7) is 8.53. The molecule has 0 unspecified atom stereocenters. The van der Waals surface area contributed by atoms with Gasteiger partial charge in [0.2, 0.25) is 0 Å². The Morgan fingerprint density at radius 3 is 2.53 bits per heavy atom. The van der Waals surface area contributed by atoms with Crippen LogP contribution >= 0.6 is 11.8 Å². The van der Waals surface area contributed by atoms with E-state index < -0.39 is 0 Å². The van der Waals surface area contributed by atoms with Crippen LogP contribution in [-0.2, 0) is 0 Å². The SMILES string of the molecule is CC1(C)CCN(CCOc2ccc([C@@H]3Oc4ccc(O)cc4S[C@@H]3c3cccc(O)c3)cc2)C1. The first-order valence-electron chi connectivity index (χ1n) is 11.8. The highest BCUT2D eigenvalue weighted by Crippen LogP contribution is 2.54. The molecule has 0 aromatic heterocycles. The number of aromatic hydroxyl groups is 2. The summed E-state index contributed by atoms with van der Waals surface area (Å²) >= 11 is 1.63. The molecule has 0 saturated carbocycles. The van der Waals surface area contributed by atoms with Gasteiger partial charge in [0.25, 0.3) is 0 Å². The fourth-order valence-corrected chi connectivity index (χ4v) is 6.05. The van der Waals surface area contributed by atoms with Gasteiger partial charge in [0, 0.05) is 13.1 Å². The van der Waals surface area contributed by atoms with Crippen molar-refractivity contribution in [1.82, 2.24) is 4.90 Å². The minimum absolute atomic E-state index is 0.0771. The molecule has 2 aliphatic heterocycles. The van der Waals surface area contributed by atoms with Crippen LogP contribution in [0.15, 0.2) is 71.6 Å². The molecule has 3 aromatic rings. The molecular formula is C28H31NO4S. The standard InChI is InChI=1S/C28H31NO4S/c1-28(2)12-13-29(18-28)14-15-32-23-9-6-19(7-10-23)26-27(20-4-3-5-21(30)16-20)34-25-17-22(31)8-11-24(25)33-26/h3-11,16-17,26-27,30-31H,12-15,18H2,1-2H3/t26-,27+/m0/s1. The van der Waals surface area contributed by atoms with Gasteiger partial charge >= 0.3 is 0 Å². The maximum absolute atomic E-state index is 10.1. The van der Waals surface area contributed by atoms with Crippen LogP contribution in [0.3, 0.4) is 0 Å². The highest BCUT2D eigenvalue weighted by molar-refractivity contribution is 7.99. The second-order valence-electron chi connectivity index (χ2n) is 9.91. The van der Waals surface area contributed by atoms with Crippen LogP contribution in [0, 0.1) is 5.41 Å². The summed E-state index contributed by atoms with van der Waals surface area (Å²) in [5, 5.41) is 19.9. The molecule has 3 aromatic carbocycles. The molecule has 0 spiro atoms. The van der Waals surface area contributed by atoms with E-state index in [-0.39, 0.29) is 22.9 Å². The van der Waals surface area contributed by atoms with Gasteiger partial charge in [-0.25, -0.2) is 0 Å². The molecule has 0 bridgehead atoms. The van der Waals surface area contributed by atoms with Gasteiger partial charge in [0.1, 0.15) is 35.7 Å². The molecule has 5 nitrogen and oxygen atoms in total. The zero-order chi connectivity index (χ0) is 23.7. The number of fused-ring (bicyclic) bond motifs is 1. The molecule has 2 heterocycles. The molecule has 1 fully saturated rings. The summed E-state index contributed by atoms with van der Waals surface area (Å²) in [4.78, 5) is 3.35. The number of thioether (sulfide) groups is 1. The normalized spacial score (nSPS) is 21.6. The van der Waals surface area contributed by atoms with Gasteiger partial charge in [-0.1, -0.05) is 38.1 Å². The number of likely N-dealkylation sites (tertiary alicyclic amines) is 1. The van der Waals surface area contributed by atoms with E-state index >= 15 is 0 Å². The molecular weight excluding hydrogens is 446 g/mol. The zero-order valence-corrected chi connectivity index (χ0v) is 20.4. The minimum atomic E-state index is -0.246. The smallest absolute Gasteiger partial charge is 0.140 e. The number of ether oxygens (including phenoxy) is 2. The molecule has 5 rings (SSSR count). The Hall–Kier alpha value is -2.83. The van der Waals surface area contributed by atoms with E-state index in [1.54, 1.807) is 42.1 Å². The fourth-order valence-electron chi connectivity index (χ4n) is 4.73. The summed E-state index contributed by atoms with van der Waals surface area (Å²) in [5.41, 5.74) is 2.41. The molecule has 0 radical (unpaired) electrons. The molecule has 34 heavy (non-hydrogen) atoms. The Bertz CT molecular complexity index is 1150. The fraction of sp³-hybridized carbons (Fsp3) is 0.357. The zero-order valence-electron chi connectivity index (χ0n) is 19.6. The van der Waals surface area contributed by atoms with E-state index in [1.165, 1.54) is 6.42 Å². The van der Waals surface area contributed by atoms with Crippen molar-refractivity contribution < 1.29 is 19.7 Å². The Labute approximate surface area is 205 Å². The number of nitrogens with zero attached hydrogens (tertiary/aromatic N) is 1. The number of benzene rings is 3. The first kappa shape index (κ1) is 22.9. The second kappa shape index (κ2) is 9.43. The second-order valence-corrected chi connectivity index (χ2v) is 11.1. The highest BCUT2D eigenvalue weighted by atomic mass is 32.2. The Morgan fingerprint density at radius 1 is 1.00 bits per heavy atom. The van der Waals surface area contributed by atoms with Crippen molar-refractivity contribution in [1.29, 1.82) is 0 Å². The number of phenols is 2. The van der Waals surface area contributed by atoms with Crippen LogP contribution in [0.2, 0.25) is 0 Å². The Kier molecular flexibility index (Phi) is 6.36. The topological polar surface area (TPSA) is 62.2 Å². The van der Waals surface area contributed by atoms with Gasteiger partial charge < -0.3 is 19.7 Å². The first-order valence-corrected chi connectivity index (χ1v) is 12.6. The van der Waals surface area contributed by atoms with Gasteiger partial charge in [0.05, 0.1) is 10.1 Å². The minimum Gasteiger partial charge on any atom is -0.508 e. The third-order valence-corrected chi connectivity index (χ3v) is 7.90. The Morgan fingerprint density at radius 2 is 1.79 bits per heavy atom. The van der Waals surface area contributed by atoms with E-state index in [9.17, 15) is 10.2 Å². The summed E-state index contributed by atoms with van der Waals surface area (Å²) in [6.07, 6.45) is 0.995. The van der Waals surface area contributed by atoms with Crippen molar-refractivity contribution in [3.8, 4) is 23.0 Å². The van der Waals surface area contributed by atoms with Crippen molar-refractivity contribution in [3.63, 3.8) is 0 Å². The maximum atomic E-state index is 10.1. The van der Waals surface area contributed by atoms with Crippen LogP contribution in [0.1, 0.15) is 42.7 Å². The molecule has 0 amide bonds. The Balaban J connectivity index is 1.31. The quantitative estimate of drug-likeness (QED) is 0.442. The number of hydrogen-bond donors (Lipinski definition) is 2. The van der Waals surface area contributed by atoms with Crippen molar-refractivity contribution in [2.75, 3.05) is 26.2 Å². The average Bonchev–Trinajstić information content (AvgIpc) is 3.17. The monoisotopic (exact) mass is 477 g/mol. The van der Waals surface area contributed by atoms with E-state index in [1.807, 2.05) is 24.3 Å². The van der Waals surface area contributed by atoms with Gasteiger partial charge in [-0.2, -0.15) is 0 Å². The molecule has 2 N–H and O–H groups in total. The predicted molar refractivity (Wildman–Crippen MR) is 135 cm³/mol. The lowest BCUT2D eigenvalue weighted by Crippen LogP contribution is -2.27. The lowest BCUT2D eigenvalue weighted by molar-refractivity contribution is 0.190. The number of rotatable bonds is 6. The van der Waals surface area contributed by atoms with E-state index in [0.29, 0.717) is 12.0 Å². The van der Waals surface area contributed by atoms with E-state index in [4.69, 9.17) is 9.47 Å². The van der Waals surface area contributed by atoms with Gasteiger partial charge in [-0.3, -0.25) is 4.90 Å². The third-order valence-electron chi connectivity index (χ3n) is 6.55. The van der Waals surface area contributed by atoms with Crippen molar-refractivity contribution in [2.45, 2.75) is 36.5 Å². The number of phenolic OH excluding ortho intramolecular Hbond substituents is 2. The average molecular weight is 478 g/mol. The van der Waals surface area contributed by atoms with E-state index in [0.717, 1.165) is 47.2 Å².